The van der Waals surface area contributed by atoms with Gasteiger partial charge in [0, 0.05) is 18.0 Å². The number of nitro groups is 1. The van der Waals surface area contributed by atoms with Gasteiger partial charge in [-0.15, -0.1) is 0 Å². The molecule has 0 fully saturated rings. The summed E-state index contributed by atoms with van der Waals surface area (Å²) in [7, 11) is 0. The largest absolute Gasteiger partial charge is 0.350 e. The minimum absolute atomic E-state index is 0.0421. The molecule has 1 aromatic carbocycles. The van der Waals surface area contributed by atoms with Crippen LogP contribution in [0.2, 0.25) is 0 Å². The van der Waals surface area contributed by atoms with Crippen molar-refractivity contribution < 1.29 is 4.92 Å². The van der Waals surface area contributed by atoms with Crippen LogP contribution in [0.4, 0.5) is 17.1 Å². The van der Waals surface area contributed by atoms with Gasteiger partial charge in [0.2, 0.25) is 0 Å². The molecule has 2 rings (SSSR count). The standard InChI is InChI=1S/C11H8BrN3O2/c12-11-7-8(5-6-13-11)14-9-3-1-2-4-10(9)15(16)17/h1-7H,(H,13,14). The first-order chi connectivity index (χ1) is 8.16. The van der Waals surface area contributed by atoms with Gasteiger partial charge < -0.3 is 5.32 Å². The molecule has 5 nitrogen and oxygen atoms in total. The zero-order chi connectivity index (χ0) is 12.3. The third-order valence-electron chi connectivity index (χ3n) is 2.11. The zero-order valence-electron chi connectivity index (χ0n) is 8.63. The van der Waals surface area contributed by atoms with E-state index in [1.165, 1.54) is 6.07 Å². The summed E-state index contributed by atoms with van der Waals surface area (Å²) in [6.07, 6.45) is 1.61. The number of hydrogen-bond donors (Lipinski definition) is 1. The Morgan fingerprint density at radius 2 is 2.06 bits per heavy atom. The van der Waals surface area contributed by atoms with Crippen LogP contribution in [0.15, 0.2) is 47.2 Å². The molecule has 0 saturated carbocycles. The molecule has 0 atom stereocenters. The molecule has 1 heterocycles. The number of nitrogens with one attached hydrogen (secondary N) is 1. The molecule has 0 aliphatic heterocycles. The topological polar surface area (TPSA) is 68.1 Å². The molecule has 86 valence electrons. The van der Waals surface area contributed by atoms with Gasteiger partial charge in [-0.05, 0) is 34.1 Å². The predicted molar refractivity (Wildman–Crippen MR) is 68.3 cm³/mol. The second-order valence-corrected chi connectivity index (χ2v) is 4.08. The third kappa shape index (κ3) is 2.79. The van der Waals surface area contributed by atoms with E-state index in [1.54, 1.807) is 36.5 Å². The Hall–Kier alpha value is -1.95. The number of para-hydroxylation sites is 2. The van der Waals surface area contributed by atoms with Crippen molar-refractivity contribution in [2.24, 2.45) is 0 Å². The highest BCUT2D eigenvalue weighted by molar-refractivity contribution is 9.10. The maximum Gasteiger partial charge on any atom is 0.292 e. The minimum atomic E-state index is -0.418. The lowest BCUT2D eigenvalue weighted by Gasteiger charge is -2.06. The molecule has 0 spiro atoms. The smallest absolute Gasteiger partial charge is 0.292 e. The highest BCUT2D eigenvalue weighted by Gasteiger charge is 2.12. The van der Waals surface area contributed by atoms with E-state index in [0.29, 0.717) is 10.3 Å². The summed E-state index contributed by atoms with van der Waals surface area (Å²) in [5.41, 5.74) is 1.23. The van der Waals surface area contributed by atoms with Crippen LogP contribution >= 0.6 is 15.9 Å². The van der Waals surface area contributed by atoms with E-state index in [4.69, 9.17) is 0 Å². The Morgan fingerprint density at radius 1 is 1.29 bits per heavy atom. The average Bonchev–Trinajstić information content (AvgIpc) is 2.29. The van der Waals surface area contributed by atoms with Crippen LogP contribution in [0.3, 0.4) is 0 Å². The molecule has 0 aliphatic rings. The number of benzene rings is 1. The van der Waals surface area contributed by atoms with Crippen molar-refractivity contribution in [3.05, 3.63) is 57.3 Å². The molecule has 0 saturated heterocycles. The van der Waals surface area contributed by atoms with Crippen LogP contribution in [0, 0.1) is 10.1 Å². The van der Waals surface area contributed by atoms with Gasteiger partial charge in [-0.3, -0.25) is 10.1 Å². The first-order valence-corrected chi connectivity index (χ1v) is 5.58. The van der Waals surface area contributed by atoms with E-state index in [2.05, 4.69) is 26.2 Å². The lowest BCUT2D eigenvalue weighted by atomic mass is 10.2. The van der Waals surface area contributed by atoms with Crippen molar-refractivity contribution in [2.45, 2.75) is 0 Å². The quantitative estimate of drug-likeness (QED) is 0.534. The van der Waals surface area contributed by atoms with E-state index in [1.807, 2.05) is 0 Å². The molecule has 0 amide bonds. The molecule has 17 heavy (non-hydrogen) atoms. The molecule has 1 N–H and O–H groups in total. The Morgan fingerprint density at radius 3 is 2.76 bits per heavy atom. The summed E-state index contributed by atoms with van der Waals surface area (Å²) in [5.74, 6) is 0. The van der Waals surface area contributed by atoms with Crippen molar-refractivity contribution in [1.82, 2.24) is 4.98 Å². The van der Waals surface area contributed by atoms with Crippen LogP contribution in [0.1, 0.15) is 0 Å². The Bertz CT molecular complexity index is 560. The fourth-order valence-corrected chi connectivity index (χ4v) is 1.74. The summed E-state index contributed by atoms with van der Waals surface area (Å²) < 4.78 is 0.668. The average molecular weight is 294 g/mol. The maximum absolute atomic E-state index is 10.8. The van der Waals surface area contributed by atoms with Gasteiger partial charge >= 0.3 is 0 Å². The number of halogens is 1. The third-order valence-corrected chi connectivity index (χ3v) is 2.54. The normalized spacial score (nSPS) is 9.94. The fourth-order valence-electron chi connectivity index (χ4n) is 1.37. The molecule has 6 heteroatoms. The maximum atomic E-state index is 10.8. The van der Waals surface area contributed by atoms with Crippen LogP contribution in [-0.4, -0.2) is 9.91 Å². The van der Waals surface area contributed by atoms with Crippen LogP contribution in [0.5, 0.6) is 0 Å². The number of rotatable bonds is 3. The number of nitrogens with zero attached hydrogens (tertiary/aromatic N) is 2. The van der Waals surface area contributed by atoms with Gasteiger partial charge in [-0.2, -0.15) is 0 Å². The van der Waals surface area contributed by atoms with Crippen LogP contribution in [0.25, 0.3) is 0 Å². The van der Waals surface area contributed by atoms with Crippen molar-refractivity contribution in [3.63, 3.8) is 0 Å². The van der Waals surface area contributed by atoms with E-state index in [9.17, 15) is 10.1 Å². The lowest BCUT2D eigenvalue weighted by molar-refractivity contribution is -0.383. The Balaban J connectivity index is 2.33. The second kappa shape index (κ2) is 4.92. The molecule has 0 bridgehead atoms. The molecule has 0 aliphatic carbocycles. The van der Waals surface area contributed by atoms with Crippen LogP contribution in [-0.2, 0) is 0 Å². The monoisotopic (exact) mass is 293 g/mol. The van der Waals surface area contributed by atoms with Gasteiger partial charge in [0.05, 0.1) is 4.92 Å². The van der Waals surface area contributed by atoms with Gasteiger partial charge in [-0.25, -0.2) is 4.98 Å². The first kappa shape index (κ1) is 11.5. The molecule has 2 aromatic rings. The first-order valence-electron chi connectivity index (χ1n) is 4.79. The molecular weight excluding hydrogens is 286 g/mol. The number of aromatic nitrogens is 1. The Labute approximate surface area is 106 Å². The lowest BCUT2D eigenvalue weighted by Crippen LogP contribution is -1.96. The summed E-state index contributed by atoms with van der Waals surface area (Å²) in [6, 6.07) is 9.97. The van der Waals surface area contributed by atoms with Crippen molar-refractivity contribution >= 4 is 33.0 Å². The van der Waals surface area contributed by atoms with Crippen LogP contribution < -0.4 is 5.32 Å². The van der Waals surface area contributed by atoms with Gasteiger partial charge in [0.25, 0.3) is 5.69 Å². The fraction of sp³-hybridized carbons (Fsp3) is 0. The predicted octanol–water partition coefficient (Wildman–Crippen LogP) is 3.50. The van der Waals surface area contributed by atoms with Gasteiger partial charge in [-0.1, -0.05) is 12.1 Å². The molecule has 0 unspecified atom stereocenters. The van der Waals surface area contributed by atoms with Crippen molar-refractivity contribution in [3.8, 4) is 0 Å². The van der Waals surface area contributed by atoms with E-state index in [-0.39, 0.29) is 5.69 Å². The summed E-state index contributed by atoms with van der Waals surface area (Å²) >= 11 is 3.24. The number of nitro benzene ring substituents is 1. The Kier molecular flexibility index (Phi) is 3.34. The number of hydrogen-bond acceptors (Lipinski definition) is 4. The summed E-state index contributed by atoms with van der Waals surface area (Å²) in [6.45, 7) is 0. The molecular formula is C11H8BrN3O2. The van der Waals surface area contributed by atoms with E-state index < -0.39 is 4.92 Å². The SMILES string of the molecule is O=[N+]([O-])c1ccccc1Nc1ccnc(Br)c1. The highest BCUT2D eigenvalue weighted by Crippen LogP contribution is 2.27. The van der Waals surface area contributed by atoms with Crippen molar-refractivity contribution in [2.75, 3.05) is 5.32 Å². The minimum Gasteiger partial charge on any atom is -0.350 e. The van der Waals surface area contributed by atoms with Gasteiger partial charge in [0.1, 0.15) is 10.3 Å². The highest BCUT2D eigenvalue weighted by atomic mass is 79.9. The summed E-state index contributed by atoms with van der Waals surface area (Å²) in [4.78, 5) is 14.4. The van der Waals surface area contributed by atoms with Crippen molar-refractivity contribution in [1.29, 1.82) is 0 Å². The van der Waals surface area contributed by atoms with Gasteiger partial charge in [0.15, 0.2) is 0 Å². The number of pyridine rings is 1. The van der Waals surface area contributed by atoms with E-state index >= 15 is 0 Å². The second-order valence-electron chi connectivity index (χ2n) is 3.27. The molecule has 0 radical (unpaired) electrons. The summed E-state index contributed by atoms with van der Waals surface area (Å²) in [5, 5.41) is 13.8. The van der Waals surface area contributed by atoms with E-state index in [0.717, 1.165) is 5.69 Å². The molecule has 1 aromatic heterocycles. The number of anilines is 2. The zero-order valence-corrected chi connectivity index (χ0v) is 10.2.